The lowest BCUT2D eigenvalue weighted by atomic mass is 9.89. The van der Waals surface area contributed by atoms with E-state index in [0.29, 0.717) is 74.6 Å². The highest BCUT2D eigenvalue weighted by Gasteiger charge is 2.39. The lowest BCUT2D eigenvalue weighted by Crippen LogP contribution is -2.63. The number of halogens is 5. The van der Waals surface area contributed by atoms with Crippen molar-refractivity contribution < 1.29 is 22.0 Å². The third-order valence-electron chi connectivity index (χ3n) is 29.6. The number of anilines is 4. The average Bonchev–Trinajstić information content (AvgIpc) is 1.65. The van der Waals surface area contributed by atoms with Gasteiger partial charge >= 0.3 is 0 Å². The molecule has 3 atom stereocenters. The fourth-order valence-electron chi connectivity index (χ4n) is 21.0. The summed E-state index contributed by atoms with van der Waals surface area (Å²) in [4.78, 5) is 63.0. The first kappa shape index (κ1) is 89.1. The van der Waals surface area contributed by atoms with Crippen molar-refractivity contribution in [3.63, 3.8) is 0 Å². The Morgan fingerprint density at radius 1 is 0.311 bits per heavy atom. The maximum Gasteiger partial charge on any atom is 0.162 e. The van der Waals surface area contributed by atoms with Crippen molar-refractivity contribution in [2.75, 3.05) is 185 Å². The summed E-state index contributed by atoms with van der Waals surface area (Å²) < 4.78 is 78.8. The Balaban J connectivity index is 0.000000108. The van der Waals surface area contributed by atoms with Crippen LogP contribution in [0, 0.1) is 51.0 Å². The van der Waals surface area contributed by atoms with E-state index in [2.05, 4.69) is 141 Å². The molecule has 16 aromatic rings. The summed E-state index contributed by atoms with van der Waals surface area (Å²) in [5, 5.41) is 21.9. The molecule has 0 saturated carbocycles. The number of piperazine rings is 3. The van der Waals surface area contributed by atoms with E-state index in [1.54, 1.807) is 69.4 Å². The van der Waals surface area contributed by atoms with Crippen LogP contribution in [0.4, 0.5) is 44.7 Å². The van der Waals surface area contributed by atoms with Gasteiger partial charge < -0.3 is 44.9 Å². The van der Waals surface area contributed by atoms with Crippen LogP contribution < -0.4 is 25.3 Å². The van der Waals surface area contributed by atoms with Crippen LogP contribution in [-0.4, -0.2) is 314 Å². The zero-order valence-corrected chi connectivity index (χ0v) is 77.9. The molecule has 20 heterocycles. The predicted molar refractivity (Wildman–Crippen MR) is 522 cm³/mol. The summed E-state index contributed by atoms with van der Waals surface area (Å²) in [7, 11) is 6.51. The predicted octanol–water partition coefficient (Wildman–Crippen LogP) is 13.8. The van der Waals surface area contributed by atoms with Crippen molar-refractivity contribution in [1.29, 1.82) is 0 Å². The smallest absolute Gasteiger partial charge is 0.162 e. The van der Waals surface area contributed by atoms with Gasteiger partial charge in [0.05, 0.1) is 126 Å². The molecular weight excluding hydrogens is 1710 g/mol. The van der Waals surface area contributed by atoms with Crippen LogP contribution in [0.25, 0.3) is 111 Å². The highest BCUT2D eigenvalue weighted by molar-refractivity contribution is 6.01. The number of benzene rings is 4. The van der Waals surface area contributed by atoms with E-state index < -0.39 is 6.17 Å². The van der Waals surface area contributed by atoms with Gasteiger partial charge in [-0.15, -0.1) is 0 Å². The first-order valence-corrected chi connectivity index (χ1v) is 47.5. The summed E-state index contributed by atoms with van der Waals surface area (Å²) in [6, 6.07) is 22.9. The zero-order chi connectivity index (χ0) is 92.6. The molecule has 2 N–H and O–H groups in total. The van der Waals surface area contributed by atoms with E-state index in [-0.39, 0.29) is 34.8 Å². The molecule has 0 spiro atoms. The topological polar surface area (TPSA) is 234 Å². The number of rotatable bonds is 12. The van der Waals surface area contributed by atoms with E-state index >= 15 is 4.39 Å². The van der Waals surface area contributed by atoms with Gasteiger partial charge in [0.2, 0.25) is 0 Å². The molecule has 24 rings (SSSR count). The SMILES string of the molecule is Cc1cc2c(-c3cnn4cc(N5CC(N6CCN(C)CC6)C5)cnc34)ccnc2cc1F.Cc1cc2c(-c3cnn4cc(N5CCC(N6CCC(C)(N)CC6)CC5)cnc34)ccnc2cc1F.Cc1cc2c(-c3cnn4cc(N5CCC(N6CCN(C)CC6)C(F)C5)cnc34)ccnc2cc1F.Cc1cc2c(-c3cnn4cc(N5CCC(N6CCN(C)CC6)C5)cnc34)ccnc2cc1F. The maximum atomic E-state index is 15.2. The van der Waals surface area contributed by atoms with Crippen molar-refractivity contribution >= 4 is 88.9 Å². The monoisotopic (exact) mass is 1830 g/mol. The van der Waals surface area contributed by atoms with E-state index in [9.17, 15) is 17.6 Å². The number of hydrogen-bond acceptors (Lipinski definition) is 24. The lowest BCUT2D eigenvalue weighted by molar-refractivity contribution is 0.0532. The number of nitrogens with zero attached hydrogens (tertiary/aromatic N) is 27. The van der Waals surface area contributed by atoms with Crippen LogP contribution in [0.5, 0.6) is 0 Å². The fraction of sp³-hybridized carbons (Fsp3) is 0.412. The molecule has 8 saturated heterocycles. The Kier molecular flexibility index (Phi) is 24.6. The minimum atomic E-state index is -0.900. The minimum Gasteiger partial charge on any atom is -0.369 e. The third-order valence-corrected chi connectivity index (χ3v) is 29.6. The van der Waals surface area contributed by atoms with Gasteiger partial charge in [0, 0.05) is 260 Å². The third kappa shape index (κ3) is 18.1. The van der Waals surface area contributed by atoms with Crippen molar-refractivity contribution in [2.24, 2.45) is 5.73 Å². The first-order valence-electron chi connectivity index (χ1n) is 47.5. The Morgan fingerprint density at radius 3 is 0.970 bits per heavy atom. The Bertz CT molecular complexity index is 7050. The minimum absolute atomic E-state index is 0.00152. The second kappa shape index (κ2) is 37.3. The maximum absolute atomic E-state index is 15.2. The van der Waals surface area contributed by atoms with Gasteiger partial charge in [0.1, 0.15) is 29.4 Å². The molecule has 0 radical (unpaired) electrons. The first-order chi connectivity index (χ1) is 65.5. The van der Waals surface area contributed by atoms with E-state index in [0.717, 1.165) is 275 Å². The number of nitrogens with two attached hydrogens (primary N) is 1. The van der Waals surface area contributed by atoms with Gasteiger partial charge in [-0.3, -0.25) is 34.6 Å². The second-order valence-electron chi connectivity index (χ2n) is 38.7. The normalized spacial score (nSPS) is 20.2. The standard InChI is InChI=1S/C27H32FN7.C26H29F2N7.C25H28FN7.C24H26FN7/c1-18-13-22-21(3-8-30-25(22)14-24(18)28)23-16-32-35-17-20(15-31-26(23)35)33-9-4-19(5-10-33)34-11-6-27(2,29)7-12-34;1-17-11-20-19(3-5-29-24(20)12-22(17)27)21-14-31-35-15-18(13-30-26(21)35)34-6-4-25(23(28)16-34)33-9-7-32(2)8-10-33;1-17-11-21-20(3-5-27-24(21)12-23(17)26)22-14-29-33-16-19(13-28-25(22)33)32-6-4-18(15-32)31-9-7-30(2)8-10-31;1-16-9-20-19(3-4-26-23(20)10-22(16)25)21-12-28-32-15-17(11-27-24(21)32)31-13-18(14-31)30-7-5-29(2)6-8-30/h3,8,13-17,19H,4-7,9-12,29H2,1-2H3;3,5,11-15,23,25H,4,6-10,16H2,1-2H3;3,5,11-14,16,18H,4,6-10,15H2,1-2H3;3-4,9-12,15,18H,5-8,13-14H2,1-2H3. The van der Waals surface area contributed by atoms with Crippen LogP contribution in [0.1, 0.15) is 67.7 Å². The summed E-state index contributed by atoms with van der Waals surface area (Å²) in [5.41, 5.74) is 25.9. The van der Waals surface area contributed by atoms with Crippen LogP contribution in [-0.2, 0) is 0 Å². The van der Waals surface area contributed by atoms with Crippen molar-refractivity contribution in [2.45, 2.75) is 109 Å². The van der Waals surface area contributed by atoms with Crippen LogP contribution in [0.2, 0.25) is 0 Å². The molecule has 698 valence electrons. The van der Waals surface area contributed by atoms with Gasteiger partial charge in [-0.25, -0.2) is 59.9 Å². The van der Waals surface area contributed by atoms with Crippen molar-refractivity contribution in [1.82, 2.24) is 113 Å². The number of piperidine rings is 3. The van der Waals surface area contributed by atoms with Gasteiger partial charge in [-0.2, -0.15) is 20.4 Å². The molecule has 4 aromatic carbocycles. The van der Waals surface area contributed by atoms with E-state index in [1.165, 1.54) is 30.7 Å². The fourth-order valence-corrected chi connectivity index (χ4v) is 21.0. The van der Waals surface area contributed by atoms with Crippen molar-refractivity contribution in [3.8, 4) is 44.5 Å². The zero-order valence-electron chi connectivity index (χ0n) is 77.9. The molecule has 8 fully saturated rings. The Morgan fingerprint density at radius 2 is 0.607 bits per heavy atom. The van der Waals surface area contributed by atoms with Crippen molar-refractivity contribution in [3.05, 3.63) is 217 Å². The van der Waals surface area contributed by atoms with E-state index in [1.807, 2.05) is 105 Å². The summed E-state index contributed by atoms with van der Waals surface area (Å²) in [6.07, 6.45) is 35.4. The molecule has 0 bridgehead atoms. The summed E-state index contributed by atoms with van der Waals surface area (Å²) >= 11 is 0. The van der Waals surface area contributed by atoms with Gasteiger partial charge in [0.25, 0.3) is 0 Å². The molecule has 8 aliphatic rings. The quantitative estimate of drug-likeness (QED) is 0.112. The van der Waals surface area contributed by atoms with Crippen LogP contribution in [0.15, 0.2) is 172 Å². The molecule has 3 unspecified atom stereocenters. The average molecular weight is 1830 g/mol. The summed E-state index contributed by atoms with van der Waals surface area (Å²) in [5.74, 6) is -0.997. The lowest BCUT2D eigenvalue weighted by Gasteiger charge is -2.48. The molecule has 12 aromatic heterocycles. The molecule has 33 heteroatoms. The number of aryl methyl sites for hydroxylation is 4. The van der Waals surface area contributed by atoms with Gasteiger partial charge in [-0.1, -0.05) is 0 Å². The Labute approximate surface area is 780 Å². The largest absolute Gasteiger partial charge is 0.369 e. The number of pyridine rings is 4. The van der Waals surface area contributed by atoms with Gasteiger partial charge in [-0.05, 0) is 187 Å². The Hall–Kier alpha value is -12.5. The van der Waals surface area contributed by atoms with E-state index in [4.69, 9.17) is 25.7 Å². The number of alkyl halides is 1. The second-order valence-corrected chi connectivity index (χ2v) is 38.7. The highest BCUT2D eigenvalue weighted by Crippen LogP contribution is 2.40. The number of hydrogen-bond donors (Lipinski definition) is 1. The highest BCUT2D eigenvalue weighted by atomic mass is 19.1. The number of aromatic nitrogens is 16. The molecule has 0 amide bonds. The number of fused-ring (bicyclic) bond motifs is 8. The molecule has 8 aliphatic heterocycles. The summed E-state index contributed by atoms with van der Waals surface area (Å²) in [6.45, 7) is 31.8. The van der Waals surface area contributed by atoms with Crippen LogP contribution >= 0.6 is 0 Å². The number of likely N-dealkylation sites (N-methyl/N-ethyl adjacent to an activating group) is 3. The molecule has 28 nitrogen and oxygen atoms in total. The molecule has 135 heavy (non-hydrogen) atoms. The van der Waals surface area contributed by atoms with Crippen LogP contribution in [0.3, 0.4) is 0 Å². The van der Waals surface area contributed by atoms with Gasteiger partial charge in [0.15, 0.2) is 22.6 Å². The molecule has 0 aliphatic carbocycles. The number of likely N-dealkylation sites (tertiary alicyclic amines) is 1. The molecular formula is C102H115F5N28.